The molecule has 2 aromatic carbocycles. The van der Waals surface area contributed by atoms with Crippen LogP contribution < -0.4 is 5.32 Å². The lowest BCUT2D eigenvalue weighted by Gasteiger charge is -2.02. The second kappa shape index (κ2) is 6.21. The predicted octanol–water partition coefficient (Wildman–Crippen LogP) is 5.07. The van der Waals surface area contributed by atoms with Crippen LogP contribution in [0.1, 0.15) is 13.3 Å². The minimum atomic E-state index is 0.0930. The number of hydrogen-bond donors (Lipinski definition) is 1. The first-order chi connectivity index (χ1) is 11.7. The van der Waals surface area contributed by atoms with Crippen molar-refractivity contribution in [2.75, 3.05) is 5.32 Å². The van der Waals surface area contributed by atoms with Gasteiger partial charge in [-0.05, 0) is 17.9 Å². The number of nitrogens with zero attached hydrogens (tertiary/aromatic N) is 1. The van der Waals surface area contributed by atoms with E-state index in [4.69, 9.17) is 4.98 Å². The van der Waals surface area contributed by atoms with Crippen LogP contribution in [0, 0.1) is 11.8 Å². The quantitative estimate of drug-likeness (QED) is 0.723. The monoisotopic (exact) mass is 334 g/mol. The Morgan fingerprint density at radius 3 is 2.21 bits per heavy atom. The summed E-state index contributed by atoms with van der Waals surface area (Å²) >= 11 is 1.54. The number of anilines is 1. The van der Waals surface area contributed by atoms with Crippen LogP contribution in [0.5, 0.6) is 0 Å². The van der Waals surface area contributed by atoms with Crippen LogP contribution >= 0.6 is 11.3 Å². The third-order valence-electron chi connectivity index (χ3n) is 4.39. The Balaban J connectivity index is 1.72. The van der Waals surface area contributed by atoms with Gasteiger partial charge in [0.15, 0.2) is 5.13 Å². The number of nitrogens with one attached hydrogen (secondary N) is 1. The van der Waals surface area contributed by atoms with Crippen molar-refractivity contribution in [3.05, 3.63) is 60.7 Å². The first-order valence-electron chi connectivity index (χ1n) is 8.15. The van der Waals surface area contributed by atoms with Crippen LogP contribution in [-0.2, 0) is 4.79 Å². The number of thiazole rings is 1. The van der Waals surface area contributed by atoms with E-state index in [0.29, 0.717) is 11.0 Å². The number of carbonyl (C=O) groups excluding carboxylic acids is 1. The number of aromatic nitrogens is 1. The number of carbonyl (C=O) groups is 1. The Kier molecular flexibility index (Phi) is 3.90. The van der Waals surface area contributed by atoms with Gasteiger partial charge in [0.05, 0.1) is 10.6 Å². The zero-order valence-corrected chi connectivity index (χ0v) is 14.2. The molecule has 0 aliphatic heterocycles. The van der Waals surface area contributed by atoms with Crippen molar-refractivity contribution in [3.63, 3.8) is 0 Å². The summed E-state index contributed by atoms with van der Waals surface area (Å²) in [6, 6.07) is 20.3. The van der Waals surface area contributed by atoms with Crippen molar-refractivity contribution in [1.29, 1.82) is 0 Å². The van der Waals surface area contributed by atoms with Gasteiger partial charge in [-0.2, -0.15) is 0 Å². The van der Waals surface area contributed by atoms with Crippen LogP contribution in [0.15, 0.2) is 60.7 Å². The fourth-order valence-electron chi connectivity index (χ4n) is 2.84. The molecule has 1 amide bonds. The van der Waals surface area contributed by atoms with Crippen LogP contribution in [-0.4, -0.2) is 10.9 Å². The minimum absolute atomic E-state index is 0.0930. The maximum Gasteiger partial charge on any atom is 0.229 e. The summed E-state index contributed by atoms with van der Waals surface area (Å²) in [4.78, 5) is 18.0. The van der Waals surface area contributed by atoms with Gasteiger partial charge in [-0.3, -0.25) is 4.79 Å². The van der Waals surface area contributed by atoms with E-state index in [2.05, 4.69) is 36.5 Å². The van der Waals surface area contributed by atoms with E-state index in [9.17, 15) is 4.79 Å². The lowest BCUT2D eigenvalue weighted by atomic mass is 10.1. The summed E-state index contributed by atoms with van der Waals surface area (Å²) in [7, 11) is 0. The molecule has 1 heterocycles. The smallest absolute Gasteiger partial charge is 0.229 e. The molecule has 1 N–H and O–H groups in total. The molecule has 24 heavy (non-hydrogen) atoms. The third kappa shape index (κ3) is 2.97. The Bertz CT molecular complexity index is 801. The average molecular weight is 334 g/mol. The fraction of sp³-hybridized carbons (Fsp3) is 0.200. The first-order valence-corrected chi connectivity index (χ1v) is 8.96. The van der Waals surface area contributed by atoms with Crippen LogP contribution in [0.25, 0.3) is 21.7 Å². The van der Waals surface area contributed by atoms with E-state index in [1.54, 1.807) is 0 Å². The second-order valence-corrected chi connectivity index (χ2v) is 7.24. The Morgan fingerprint density at radius 1 is 1.04 bits per heavy atom. The highest BCUT2D eigenvalue weighted by molar-refractivity contribution is 7.19. The molecular formula is C20H18N2OS. The molecule has 3 nitrogen and oxygen atoms in total. The normalized spacial score (nSPS) is 19.0. The van der Waals surface area contributed by atoms with Gasteiger partial charge >= 0.3 is 0 Å². The fourth-order valence-corrected chi connectivity index (χ4v) is 3.83. The lowest BCUT2D eigenvalue weighted by Crippen LogP contribution is -2.14. The molecule has 0 radical (unpaired) electrons. The summed E-state index contributed by atoms with van der Waals surface area (Å²) in [5, 5.41) is 3.68. The zero-order valence-electron chi connectivity index (χ0n) is 13.4. The van der Waals surface area contributed by atoms with Crippen molar-refractivity contribution < 1.29 is 4.79 Å². The number of benzene rings is 2. The summed E-state index contributed by atoms with van der Waals surface area (Å²) in [5.41, 5.74) is 3.10. The van der Waals surface area contributed by atoms with Gasteiger partial charge in [0, 0.05) is 11.5 Å². The van der Waals surface area contributed by atoms with E-state index in [1.807, 2.05) is 36.4 Å². The summed E-state index contributed by atoms with van der Waals surface area (Å²) in [6.07, 6.45) is 0.980. The Labute approximate surface area is 145 Å². The highest BCUT2D eigenvalue weighted by Gasteiger charge is 2.39. The van der Waals surface area contributed by atoms with E-state index >= 15 is 0 Å². The van der Waals surface area contributed by atoms with Gasteiger partial charge in [0.2, 0.25) is 5.91 Å². The maximum atomic E-state index is 12.2. The molecule has 0 spiro atoms. The topological polar surface area (TPSA) is 42.0 Å². The summed E-state index contributed by atoms with van der Waals surface area (Å²) < 4.78 is 0. The van der Waals surface area contributed by atoms with E-state index < -0.39 is 0 Å². The standard InChI is InChI=1S/C20H18N2OS/c1-13-12-16(13)19(23)22-20-21-17(14-8-4-2-5-9-14)18(24-20)15-10-6-3-7-11-15/h2-11,13,16H,12H2,1H3,(H,21,22,23)/t13-,16+/m0/s1. The Morgan fingerprint density at radius 2 is 1.62 bits per heavy atom. The summed E-state index contributed by atoms with van der Waals surface area (Å²) in [5.74, 6) is 0.733. The second-order valence-electron chi connectivity index (χ2n) is 6.24. The third-order valence-corrected chi connectivity index (χ3v) is 5.41. The van der Waals surface area contributed by atoms with Gasteiger partial charge in [0.25, 0.3) is 0 Å². The molecule has 4 heteroatoms. The molecule has 1 aliphatic rings. The molecule has 1 aliphatic carbocycles. The van der Waals surface area contributed by atoms with Crippen molar-refractivity contribution in [1.82, 2.24) is 4.98 Å². The minimum Gasteiger partial charge on any atom is -0.302 e. The van der Waals surface area contributed by atoms with Crippen LogP contribution in [0.2, 0.25) is 0 Å². The lowest BCUT2D eigenvalue weighted by molar-refractivity contribution is -0.117. The van der Waals surface area contributed by atoms with Crippen LogP contribution in [0.4, 0.5) is 5.13 Å². The highest BCUT2D eigenvalue weighted by Crippen LogP contribution is 2.41. The van der Waals surface area contributed by atoms with Crippen molar-refractivity contribution >= 4 is 22.4 Å². The molecular weight excluding hydrogens is 316 g/mol. The van der Waals surface area contributed by atoms with Crippen molar-refractivity contribution in [3.8, 4) is 21.7 Å². The van der Waals surface area contributed by atoms with Gasteiger partial charge in [-0.1, -0.05) is 78.9 Å². The van der Waals surface area contributed by atoms with E-state index in [1.165, 1.54) is 11.3 Å². The molecule has 4 rings (SSSR count). The van der Waals surface area contributed by atoms with E-state index in [-0.39, 0.29) is 11.8 Å². The van der Waals surface area contributed by atoms with Gasteiger partial charge in [0.1, 0.15) is 0 Å². The molecule has 2 atom stereocenters. The zero-order chi connectivity index (χ0) is 16.5. The Hall–Kier alpha value is -2.46. The molecule has 1 fully saturated rings. The highest BCUT2D eigenvalue weighted by atomic mass is 32.1. The van der Waals surface area contributed by atoms with Gasteiger partial charge < -0.3 is 5.32 Å². The van der Waals surface area contributed by atoms with Crippen molar-refractivity contribution in [2.24, 2.45) is 11.8 Å². The number of rotatable bonds is 4. The summed E-state index contributed by atoms with van der Waals surface area (Å²) in [6.45, 7) is 2.11. The largest absolute Gasteiger partial charge is 0.302 e. The molecule has 3 aromatic rings. The van der Waals surface area contributed by atoms with Crippen molar-refractivity contribution in [2.45, 2.75) is 13.3 Å². The predicted molar refractivity (Wildman–Crippen MR) is 98.9 cm³/mol. The maximum absolute atomic E-state index is 12.2. The van der Waals surface area contributed by atoms with Crippen LogP contribution in [0.3, 0.4) is 0 Å². The van der Waals surface area contributed by atoms with Gasteiger partial charge in [-0.15, -0.1) is 0 Å². The average Bonchev–Trinajstić information content (AvgIpc) is 3.21. The SMILES string of the molecule is C[C@H]1C[C@H]1C(=O)Nc1nc(-c2ccccc2)c(-c2ccccc2)s1. The molecule has 0 bridgehead atoms. The number of amides is 1. The number of hydrogen-bond acceptors (Lipinski definition) is 3. The molecule has 1 aromatic heterocycles. The molecule has 0 unspecified atom stereocenters. The first kappa shape index (κ1) is 15.1. The molecule has 1 saturated carbocycles. The van der Waals surface area contributed by atoms with E-state index in [0.717, 1.165) is 28.1 Å². The van der Waals surface area contributed by atoms with Gasteiger partial charge in [-0.25, -0.2) is 4.98 Å². The molecule has 120 valence electrons. The molecule has 0 saturated heterocycles.